The summed E-state index contributed by atoms with van der Waals surface area (Å²) >= 11 is 0. The molecule has 1 unspecified atom stereocenters. The summed E-state index contributed by atoms with van der Waals surface area (Å²) in [6.07, 6.45) is 0.763. The van der Waals surface area contributed by atoms with Crippen molar-refractivity contribution in [3.63, 3.8) is 0 Å². The van der Waals surface area contributed by atoms with Crippen LogP contribution in [0.1, 0.15) is 43.1 Å². The van der Waals surface area contributed by atoms with Crippen molar-refractivity contribution in [3.05, 3.63) is 65.7 Å². The van der Waals surface area contributed by atoms with Gasteiger partial charge in [0.25, 0.3) is 5.91 Å². The van der Waals surface area contributed by atoms with E-state index in [0.29, 0.717) is 18.0 Å². The smallest absolute Gasteiger partial charge is 0.251 e. The number of amides is 1. The Morgan fingerprint density at radius 3 is 2.19 bits per heavy atom. The van der Waals surface area contributed by atoms with Crippen molar-refractivity contribution in [3.8, 4) is 0 Å². The summed E-state index contributed by atoms with van der Waals surface area (Å²) in [5.41, 5.74) is 6.49. The Morgan fingerprint density at radius 2 is 1.67 bits per heavy atom. The van der Waals surface area contributed by atoms with E-state index in [4.69, 9.17) is 5.73 Å². The summed E-state index contributed by atoms with van der Waals surface area (Å²) in [5, 5.41) is 2.98. The maximum Gasteiger partial charge on any atom is 0.251 e. The van der Waals surface area contributed by atoms with Crippen LogP contribution in [0.15, 0.2) is 59.5 Å². The van der Waals surface area contributed by atoms with Gasteiger partial charge in [0.1, 0.15) is 0 Å². The molecule has 0 bridgehead atoms. The Morgan fingerprint density at radius 1 is 1.07 bits per heavy atom. The summed E-state index contributed by atoms with van der Waals surface area (Å²) in [6, 6.07) is 15.1. The molecule has 0 aromatic heterocycles. The first-order valence-corrected chi connectivity index (χ1v) is 10.7. The van der Waals surface area contributed by atoms with Gasteiger partial charge in [0, 0.05) is 17.6 Å². The molecule has 146 valence electrons. The lowest BCUT2D eigenvalue weighted by Crippen LogP contribution is -2.52. The van der Waals surface area contributed by atoms with E-state index >= 15 is 0 Å². The minimum atomic E-state index is -3.46. The molecule has 27 heavy (non-hydrogen) atoms. The molecule has 2 aromatic rings. The van der Waals surface area contributed by atoms with Crippen molar-refractivity contribution in [1.82, 2.24) is 5.32 Å². The number of nitrogens with two attached hydrogens (primary N) is 1. The van der Waals surface area contributed by atoms with Crippen LogP contribution in [0.25, 0.3) is 0 Å². The summed E-state index contributed by atoms with van der Waals surface area (Å²) in [6.45, 7) is 6.41. The lowest BCUT2D eigenvalue weighted by molar-refractivity contribution is 0.0898. The third-order valence-electron chi connectivity index (χ3n) is 4.40. The van der Waals surface area contributed by atoms with E-state index in [1.165, 1.54) is 12.1 Å². The van der Waals surface area contributed by atoms with Crippen LogP contribution < -0.4 is 11.1 Å². The number of sulfone groups is 1. The second-order valence-electron chi connectivity index (χ2n) is 7.59. The van der Waals surface area contributed by atoms with Gasteiger partial charge in [-0.05, 0) is 49.1 Å². The largest absolute Gasteiger partial charge is 0.346 e. The van der Waals surface area contributed by atoms with E-state index in [1.54, 1.807) is 24.3 Å². The number of carbonyl (C=O) groups is 1. The molecule has 1 atom stereocenters. The third-order valence-corrected chi connectivity index (χ3v) is 6.10. The Hall–Kier alpha value is -2.18. The van der Waals surface area contributed by atoms with E-state index in [-0.39, 0.29) is 16.6 Å². The fourth-order valence-electron chi connectivity index (χ4n) is 3.12. The molecule has 0 spiro atoms. The number of rotatable bonds is 8. The monoisotopic (exact) mass is 388 g/mol. The van der Waals surface area contributed by atoms with Gasteiger partial charge in [-0.25, -0.2) is 8.42 Å². The third kappa shape index (κ3) is 5.91. The second-order valence-corrected chi connectivity index (χ2v) is 9.58. The summed E-state index contributed by atoms with van der Waals surface area (Å²) in [4.78, 5) is 12.7. The summed E-state index contributed by atoms with van der Waals surface area (Å²) in [5.74, 6) is 0.0684. The first kappa shape index (κ1) is 21.1. The van der Waals surface area contributed by atoms with Crippen molar-refractivity contribution in [2.75, 3.05) is 6.54 Å². The van der Waals surface area contributed by atoms with Gasteiger partial charge in [0.05, 0.1) is 10.6 Å². The topological polar surface area (TPSA) is 89.3 Å². The Kier molecular flexibility index (Phi) is 6.78. The molecule has 0 aliphatic heterocycles. The molecule has 0 heterocycles. The fraction of sp³-hybridized carbons (Fsp3) is 0.381. The molecule has 3 N–H and O–H groups in total. The molecule has 1 amide bonds. The van der Waals surface area contributed by atoms with E-state index in [0.717, 1.165) is 12.0 Å². The predicted molar refractivity (Wildman–Crippen MR) is 108 cm³/mol. The Bertz CT molecular complexity index is 862. The molecular formula is C21H28N2O3S. The zero-order valence-electron chi connectivity index (χ0n) is 16.1. The summed E-state index contributed by atoms with van der Waals surface area (Å²) in [7, 11) is -3.46. The highest BCUT2D eigenvalue weighted by Gasteiger charge is 2.26. The molecule has 2 aromatic carbocycles. The molecular weight excluding hydrogens is 360 g/mol. The predicted octanol–water partition coefficient (Wildman–Crippen LogP) is 3.15. The van der Waals surface area contributed by atoms with Gasteiger partial charge in [0.15, 0.2) is 9.84 Å². The van der Waals surface area contributed by atoms with Crippen LogP contribution in [-0.4, -0.2) is 26.4 Å². The van der Waals surface area contributed by atoms with Crippen molar-refractivity contribution in [1.29, 1.82) is 0 Å². The quantitative estimate of drug-likeness (QED) is 0.727. The zero-order valence-corrected chi connectivity index (χ0v) is 16.9. The van der Waals surface area contributed by atoms with Gasteiger partial charge >= 0.3 is 0 Å². The van der Waals surface area contributed by atoms with Crippen LogP contribution in [0.3, 0.4) is 0 Å². The van der Waals surface area contributed by atoms with Gasteiger partial charge in [-0.1, -0.05) is 44.2 Å². The Labute approximate surface area is 161 Å². The van der Waals surface area contributed by atoms with Gasteiger partial charge < -0.3 is 11.1 Å². The first-order valence-electron chi connectivity index (χ1n) is 9.04. The average Bonchev–Trinajstić information content (AvgIpc) is 2.61. The number of hydrogen-bond donors (Lipinski definition) is 2. The molecule has 0 aliphatic carbocycles. The number of nitrogens with one attached hydrogen (secondary N) is 1. The molecule has 0 saturated carbocycles. The standard InChI is InChI=1S/C21H28N2O3S/c1-16(2)13-21(3,15-22)23-20(24)18-9-11-19(12-10-18)27(25,26)14-17-7-5-4-6-8-17/h4-12,16H,13-15,22H2,1-3H3,(H,23,24). The molecule has 0 aliphatic rings. The highest BCUT2D eigenvalue weighted by atomic mass is 32.2. The number of carbonyl (C=O) groups excluding carboxylic acids is 1. The highest BCUT2D eigenvalue weighted by Crippen LogP contribution is 2.19. The Balaban J connectivity index is 2.13. The highest BCUT2D eigenvalue weighted by molar-refractivity contribution is 7.90. The van der Waals surface area contributed by atoms with Crippen molar-refractivity contribution in [2.24, 2.45) is 11.7 Å². The van der Waals surface area contributed by atoms with Crippen molar-refractivity contribution >= 4 is 15.7 Å². The van der Waals surface area contributed by atoms with Crippen LogP contribution in [0.2, 0.25) is 0 Å². The second kappa shape index (κ2) is 8.67. The molecule has 0 saturated heterocycles. The van der Waals surface area contributed by atoms with Gasteiger partial charge in [-0.3, -0.25) is 4.79 Å². The van der Waals surface area contributed by atoms with Gasteiger partial charge in [-0.2, -0.15) is 0 Å². The minimum absolute atomic E-state index is 0.0704. The molecule has 0 radical (unpaired) electrons. The normalized spacial score (nSPS) is 14.0. The maximum absolute atomic E-state index is 12.6. The van der Waals surface area contributed by atoms with Crippen molar-refractivity contribution in [2.45, 2.75) is 43.4 Å². The van der Waals surface area contributed by atoms with E-state index < -0.39 is 15.4 Å². The van der Waals surface area contributed by atoms with E-state index in [9.17, 15) is 13.2 Å². The SMILES string of the molecule is CC(C)CC(C)(CN)NC(=O)c1ccc(S(=O)(=O)Cc2ccccc2)cc1. The minimum Gasteiger partial charge on any atom is -0.346 e. The van der Waals surface area contributed by atoms with Gasteiger partial charge in [-0.15, -0.1) is 0 Å². The number of benzene rings is 2. The van der Waals surface area contributed by atoms with Crippen LogP contribution in [0.4, 0.5) is 0 Å². The van der Waals surface area contributed by atoms with Crippen molar-refractivity contribution < 1.29 is 13.2 Å². The molecule has 5 nitrogen and oxygen atoms in total. The zero-order chi connectivity index (χ0) is 20.1. The fourth-order valence-corrected chi connectivity index (χ4v) is 4.47. The van der Waals surface area contributed by atoms with Gasteiger partial charge in [0.2, 0.25) is 0 Å². The lowest BCUT2D eigenvalue weighted by atomic mass is 9.90. The summed E-state index contributed by atoms with van der Waals surface area (Å²) < 4.78 is 25.1. The van der Waals surface area contributed by atoms with E-state index in [2.05, 4.69) is 19.2 Å². The molecule has 2 rings (SSSR count). The van der Waals surface area contributed by atoms with E-state index in [1.807, 2.05) is 25.1 Å². The van der Waals surface area contributed by atoms with Crippen LogP contribution in [-0.2, 0) is 15.6 Å². The number of hydrogen-bond acceptors (Lipinski definition) is 4. The van der Waals surface area contributed by atoms with Crippen LogP contribution in [0, 0.1) is 5.92 Å². The van der Waals surface area contributed by atoms with Crippen LogP contribution in [0.5, 0.6) is 0 Å². The molecule has 6 heteroatoms. The lowest BCUT2D eigenvalue weighted by Gasteiger charge is -2.31. The average molecular weight is 389 g/mol. The first-order chi connectivity index (χ1) is 12.6. The van der Waals surface area contributed by atoms with Crippen LogP contribution >= 0.6 is 0 Å². The molecule has 0 fully saturated rings. The maximum atomic E-state index is 12.6.